The van der Waals surface area contributed by atoms with Crippen LogP contribution in [0.4, 0.5) is 0 Å². The molecular weight excluding hydrogens is 166 g/mol. The van der Waals surface area contributed by atoms with Crippen molar-refractivity contribution in [3.05, 3.63) is 0 Å². The van der Waals surface area contributed by atoms with Crippen LogP contribution in [0.2, 0.25) is 0 Å². The van der Waals surface area contributed by atoms with Gasteiger partial charge in [-0.2, -0.15) is 0 Å². The van der Waals surface area contributed by atoms with Gasteiger partial charge in [0.25, 0.3) is 0 Å². The van der Waals surface area contributed by atoms with Gasteiger partial charge in [0, 0.05) is 24.9 Å². The third kappa shape index (κ3) is 1.70. The fourth-order valence-corrected chi connectivity index (χ4v) is 2.02. The van der Waals surface area contributed by atoms with Gasteiger partial charge in [0.2, 0.25) is 5.91 Å². The molecule has 0 aromatic rings. The summed E-state index contributed by atoms with van der Waals surface area (Å²) in [7, 11) is 0. The van der Waals surface area contributed by atoms with Gasteiger partial charge in [0.05, 0.1) is 6.10 Å². The minimum Gasteiger partial charge on any atom is -0.391 e. The fourth-order valence-electron chi connectivity index (χ4n) is 2.02. The summed E-state index contributed by atoms with van der Waals surface area (Å²) in [6, 6.07) is 0. The summed E-state index contributed by atoms with van der Waals surface area (Å²) in [5.41, 5.74) is 0. The molecule has 1 saturated carbocycles. The molecule has 3 nitrogen and oxygen atoms in total. The maximum atomic E-state index is 11.6. The van der Waals surface area contributed by atoms with Crippen LogP contribution in [0.1, 0.15) is 26.2 Å². The second-order valence-electron chi connectivity index (χ2n) is 4.25. The Balaban J connectivity index is 1.92. The van der Waals surface area contributed by atoms with Crippen LogP contribution in [0.15, 0.2) is 0 Å². The van der Waals surface area contributed by atoms with Crippen molar-refractivity contribution in [1.82, 2.24) is 4.90 Å². The van der Waals surface area contributed by atoms with E-state index in [1.54, 1.807) is 0 Å². The van der Waals surface area contributed by atoms with Gasteiger partial charge in [-0.15, -0.1) is 0 Å². The summed E-state index contributed by atoms with van der Waals surface area (Å²) >= 11 is 0. The number of likely N-dealkylation sites (tertiary alicyclic amines) is 1. The molecule has 74 valence electrons. The standard InChI is InChI=1S/C10H17NO2/c1-2-7-5-11(6-9(7)12)10(13)8-3-4-8/h7-9,12H,2-6H2,1H3/t7-,9-/m0/s1. The molecule has 2 aliphatic rings. The Hall–Kier alpha value is -0.570. The van der Waals surface area contributed by atoms with Crippen molar-refractivity contribution in [2.45, 2.75) is 32.3 Å². The van der Waals surface area contributed by atoms with Crippen LogP contribution in [-0.2, 0) is 4.79 Å². The van der Waals surface area contributed by atoms with E-state index in [0.717, 1.165) is 25.8 Å². The van der Waals surface area contributed by atoms with Crippen molar-refractivity contribution in [2.75, 3.05) is 13.1 Å². The average molecular weight is 183 g/mol. The molecule has 13 heavy (non-hydrogen) atoms. The molecule has 2 fully saturated rings. The number of amides is 1. The number of β-amino-alcohol motifs (C(OH)–C–C–N with tert-alkyl or cyclic N) is 1. The molecule has 0 aromatic heterocycles. The highest BCUT2D eigenvalue weighted by molar-refractivity contribution is 5.81. The number of carbonyl (C=O) groups is 1. The Morgan fingerprint density at radius 1 is 1.46 bits per heavy atom. The Morgan fingerprint density at radius 2 is 2.15 bits per heavy atom. The SMILES string of the molecule is CC[C@H]1CN(C(=O)C2CC2)C[C@@H]1O. The van der Waals surface area contributed by atoms with E-state index in [9.17, 15) is 9.90 Å². The van der Waals surface area contributed by atoms with Crippen LogP contribution >= 0.6 is 0 Å². The third-order valence-electron chi connectivity index (χ3n) is 3.17. The van der Waals surface area contributed by atoms with E-state index < -0.39 is 0 Å². The van der Waals surface area contributed by atoms with Crippen LogP contribution in [0.25, 0.3) is 0 Å². The number of aliphatic hydroxyl groups is 1. The number of carbonyl (C=O) groups excluding carboxylic acids is 1. The first-order valence-electron chi connectivity index (χ1n) is 5.19. The first-order valence-corrected chi connectivity index (χ1v) is 5.19. The Morgan fingerprint density at radius 3 is 2.62 bits per heavy atom. The zero-order chi connectivity index (χ0) is 9.42. The van der Waals surface area contributed by atoms with E-state index in [1.807, 2.05) is 4.90 Å². The zero-order valence-corrected chi connectivity index (χ0v) is 8.07. The molecular formula is C10H17NO2. The molecule has 1 heterocycles. The molecule has 1 saturated heterocycles. The predicted octanol–water partition coefficient (Wildman–Crippen LogP) is 0.626. The van der Waals surface area contributed by atoms with Gasteiger partial charge in [-0.3, -0.25) is 4.79 Å². The molecule has 1 amide bonds. The van der Waals surface area contributed by atoms with Crippen LogP contribution in [0.3, 0.4) is 0 Å². The second-order valence-corrected chi connectivity index (χ2v) is 4.25. The summed E-state index contributed by atoms with van der Waals surface area (Å²) in [6.07, 6.45) is 2.80. The third-order valence-corrected chi connectivity index (χ3v) is 3.17. The van der Waals surface area contributed by atoms with Crippen LogP contribution < -0.4 is 0 Å². The molecule has 1 N–H and O–H groups in total. The van der Waals surface area contributed by atoms with E-state index in [2.05, 4.69) is 6.92 Å². The molecule has 0 radical (unpaired) electrons. The topological polar surface area (TPSA) is 40.5 Å². The van der Waals surface area contributed by atoms with Crippen molar-refractivity contribution in [1.29, 1.82) is 0 Å². The van der Waals surface area contributed by atoms with Crippen molar-refractivity contribution in [2.24, 2.45) is 11.8 Å². The molecule has 3 heteroatoms. The lowest BCUT2D eigenvalue weighted by atomic mass is 10.0. The molecule has 2 rings (SSSR count). The quantitative estimate of drug-likeness (QED) is 0.682. The smallest absolute Gasteiger partial charge is 0.225 e. The summed E-state index contributed by atoms with van der Waals surface area (Å²) in [5.74, 6) is 0.875. The largest absolute Gasteiger partial charge is 0.391 e. The van der Waals surface area contributed by atoms with Crippen LogP contribution in [-0.4, -0.2) is 35.1 Å². The molecule has 0 aromatic carbocycles. The fraction of sp³-hybridized carbons (Fsp3) is 0.900. The van der Waals surface area contributed by atoms with Crippen molar-refractivity contribution in [3.8, 4) is 0 Å². The predicted molar refractivity (Wildman–Crippen MR) is 49.1 cm³/mol. The Labute approximate surface area is 78.7 Å². The second kappa shape index (κ2) is 3.29. The summed E-state index contributed by atoms with van der Waals surface area (Å²) < 4.78 is 0. The highest BCUT2D eigenvalue weighted by Crippen LogP contribution is 2.33. The van der Waals surface area contributed by atoms with Gasteiger partial charge in [-0.25, -0.2) is 0 Å². The normalized spacial score (nSPS) is 33.8. The maximum absolute atomic E-state index is 11.6. The highest BCUT2D eigenvalue weighted by atomic mass is 16.3. The summed E-state index contributed by atoms with van der Waals surface area (Å²) in [4.78, 5) is 13.5. The number of aliphatic hydroxyl groups excluding tert-OH is 1. The van der Waals surface area contributed by atoms with E-state index in [-0.39, 0.29) is 12.0 Å². The summed E-state index contributed by atoms with van der Waals surface area (Å²) in [6.45, 7) is 3.40. The first kappa shape index (κ1) is 9.00. The molecule has 0 bridgehead atoms. The Kier molecular flexibility index (Phi) is 2.28. The molecule has 2 atom stereocenters. The van der Waals surface area contributed by atoms with Crippen molar-refractivity contribution in [3.63, 3.8) is 0 Å². The van der Waals surface area contributed by atoms with Gasteiger partial charge in [0.15, 0.2) is 0 Å². The lowest BCUT2D eigenvalue weighted by molar-refractivity contribution is -0.131. The van der Waals surface area contributed by atoms with E-state index in [1.165, 1.54) is 0 Å². The molecule has 1 aliphatic carbocycles. The van der Waals surface area contributed by atoms with E-state index >= 15 is 0 Å². The van der Waals surface area contributed by atoms with Gasteiger partial charge in [0.1, 0.15) is 0 Å². The zero-order valence-electron chi connectivity index (χ0n) is 8.07. The average Bonchev–Trinajstić information content (AvgIpc) is 2.89. The minimum atomic E-state index is -0.285. The monoisotopic (exact) mass is 183 g/mol. The van der Waals surface area contributed by atoms with Gasteiger partial charge < -0.3 is 10.0 Å². The highest BCUT2D eigenvalue weighted by Gasteiger charge is 2.39. The van der Waals surface area contributed by atoms with Crippen molar-refractivity contribution < 1.29 is 9.90 Å². The molecule has 0 spiro atoms. The van der Waals surface area contributed by atoms with Gasteiger partial charge in [-0.1, -0.05) is 6.92 Å². The molecule has 1 aliphatic heterocycles. The van der Waals surface area contributed by atoms with Crippen LogP contribution in [0, 0.1) is 11.8 Å². The Bertz CT molecular complexity index is 213. The molecule has 0 unspecified atom stereocenters. The minimum absolute atomic E-state index is 0.273. The number of nitrogens with zero attached hydrogens (tertiary/aromatic N) is 1. The van der Waals surface area contributed by atoms with Gasteiger partial charge >= 0.3 is 0 Å². The summed E-state index contributed by atoms with van der Waals surface area (Å²) in [5, 5.41) is 9.62. The number of rotatable bonds is 2. The van der Waals surface area contributed by atoms with Gasteiger partial charge in [-0.05, 0) is 19.3 Å². The van der Waals surface area contributed by atoms with Crippen LogP contribution in [0.5, 0.6) is 0 Å². The lowest BCUT2D eigenvalue weighted by Gasteiger charge is -2.14. The van der Waals surface area contributed by atoms with E-state index in [4.69, 9.17) is 0 Å². The first-order chi connectivity index (χ1) is 6.22. The number of hydrogen-bond donors (Lipinski definition) is 1. The van der Waals surface area contributed by atoms with E-state index in [0.29, 0.717) is 18.4 Å². The lowest BCUT2D eigenvalue weighted by Crippen LogP contribution is -2.30. The van der Waals surface area contributed by atoms with Crippen molar-refractivity contribution >= 4 is 5.91 Å². The maximum Gasteiger partial charge on any atom is 0.225 e. The number of hydrogen-bond acceptors (Lipinski definition) is 2.